The minimum Gasteiger partial charge on any atom is -0.392 e. The van der Waals surface area contributed by atoms with E-state index in [1.54, 1.807) is 0 Å². The molecule has 0 aliphatic heterocycles. The Morgan fingerprint density at radius 1 is 1.33 bits per heavy atom. The van der Waals surface area contributed by atoms with Crippen LogP contribution in [-0.4, -0.2) is 15.6 Å². The molecule has 1 heterocycles. The summed E-state index contributed by atoms with van der Waals surface area (Å²) in [6.07, 6.45) is 0. The molecule has 0 amide bonds. The van der Waals surface area contributed by atoms with Crippen LogP contribution in [-0.2, 0) is 6.61 Å². The van der Waals surface area contributed by atoms with E-state index in [4.69, 9.17) is 0 Å². The van der Waals surface area contributed by atoms with Crippen LogP contribution in [0.3, 0.4) is 0 Å². The summed E-state index contributed by atoms with van der Waals surface area (Å²) in [5, 5.41) is 12.6. The third-order valence-electron chi connectivity index (χ3n) is 2.13. The van der Waals surface area contributed by atoms with Crippen molar-refractivity contribution < 1.29 is 5.11 Å². The third-order valence-corrected chi connectivity index (χ3v) is 2.13. The maximum atomic E-state index is 9.31. The second-order valence-electron chi connectivity index (χ2n) is 4.94. The molecule has 15 heavy (non-hydrogen) atoms. The Hall–Kier alpha value is -1.09. The molecule has 0 saturated carbocycles. The van der Waals surface area contributed by atoms with E-state index in [0.29, 0.717) is 0 Å². The maximum Gasteiger partial charge on any atom is 0.132 e. The molecule has 1 rings (SSSR count). The van der Waals surface area contributed by atoms with Gasteiger partial charge in [-0.25, -0.2) is 4.98 Å². The van der Waals surface area contributed by atoms with Crippen LogP contribution in [0.2, 0.25) is 0 Å². The number of aliphatic hydroxyl groups is 1. The van der Waals surface area contributed by atoms with E-state index in [-0.39, 0.29) is 12.1 Å². The summed E-state index contributed by atoms with van der Waals surface area (Å²) in [5.74, 6) is 0.794. The van der Waals surface area contributed by atoms with Crippen molar-refractivity contribution in [1.82, 2.24) is 4.98 Å². The second-order valence-corrected chi connectivity index (χ2v) is 4.94. The smallest absolute Gasteiger partial charge is 0.132 e. The molecule has 0 saturated heterocycles. The Balaban J connectivity index is 3.15. The van der Waals surface area contributed by atoms with E-state index in [9.17, 15) is 5.11 Å². The number of nitrogens with zero attached hydrogens (tertiary/aromatic N) is 1. The normalized spacial score (nSPS) is 11.6. The molecule has 0 aromatic carbocycles. The van der Waals surface area contributed by atoms with E-state index >= 15 is 0 Å². The highest BCUT2D eigenvalue weighted by Crippen LogP contribution is 2.21. The van der Waals surface area contributed by atoms with Gasteiger partial charge >= 0.3 is 0 Å². The van der Waals surface area contributed by atoms with Crippen molar-refractivity contribution in [2.24, 2.45) is 0 Å². The quantitative estimate of drug-likeness (QED) is 0.784. The molecule has 2 N–H and O–H groups in total. The zero-order valence-electron chi connectivity index (χ0n) is 10.2. The summed E-state index contributed by atoms with van der Waals surface area (Å²) in [7, 11) is 0. The van der Waals surface area contributed by atoms with Gasteiger partial charge in [-0.15, -0.1) is 0 Å². The molecule has 0 radical (unpaired) electrons. The van der Waals surface area contributed by atoms with E-state index in [0.717, 1.165) is 22.6 Å². The van der Waals surface area contributed by atoms with Crippen molar-refractivity contribution >= 4 is 5.82 Å². The van der Waals surface area contributed by atoms with Gasteiger partial charge < -0.3 is 10.4 Å². The number of rotatable bonds is 2. The van der Waals surface area contributed by atoms with Gasteiger partial charge in [0.1, 0.15) is 5.82 Å². The number of aryl methyl sites for hydroxylation is 2. The number of aliphatic hydroxyl groups excluding tert-OH is 1. The Kier molecular flexibility index (Phi) is 3.35. The predicted octanol–water partition coefficient (Wildman–Crippen LogP) is 2.40. The Morgan fingerprint density at radius 2 is 1.93 bits per heavy atom. The van der Waals surface area contributed by atoms with Gasteiger partial charge in [-0.2, -0.15) is 0 Å². The van der Waals surface area contributed by atoms with Gasteiger partial charge in [-0.3, -0.25) is 0 Å². The molecule has 0 aliphatic carbocycles. The van der Waals surface area contributed by atoms with Gasteiger partial charge in [0.05, 0.1) is 6.61 Å². The summed E-state index contributed by atoms with van der Waals surface area (Å²) in [5.41, 5.74) is 2.89. The molecular formula is C12H20N2O. The van der Waals surface area contributed by atoms with Gasteiger partial charge in [-0.05, 0) is 46.2 Å². The number of aromatic nitrogens is 1. The highest BCUT2D eigenvalue weighted by atomic mass is 16.3. The summed E-state index contributed by atoms with van der Waals surface area (Å²) >= 11 is 0. The minimum atomic E-state index is -0.0445. The third kappa shape index (κ3) is 3.20. The molecule has 0 unspecified atom stereocenters. The Labute approximate surface area is 91.5 Å². The van der Waals surface area contributed by atoms with Crippen LogP contribution in [0.5, 0.6) is 0 Å². The highest BCUT2D eigenvalue weighted by molar-refractivity contribution is 5.50. The first-order valence-electron chi connectivity index (χ1n) is 5.19. The van der Waals surface area contributed by atoms with E-state index in [2.05, 4.69) is 31.1 Å². The van der Waals surface area contributed by atoms with Crippen molar-refractivity contribution in [3.8, 4) is 0 Å². The lowest BCUT2D eigenvalue weighted by molar-refractivity contribution is 0.281. The van der Waals surface area contributed by atoms with Crippen LogP contribution in [0.25, 0.3) is 0 Å². The first kappa shape index (κ1) is 12.0. The molecule has 3 nitrogen and oxygen atoms in total. The lowest BCUT2D eigenvalue weighted by Crippen LogP contribution is -2.27. The highest BCUT2D eigenvalue weighted by Gasteiger charge is 2.14. The van der Waals surface area contributed by atoms with Crippen LogP contribution in [0.15, 0.2) is 6.07 Å². The zero-order chi connectivity index (χ0) is 11.6. The molecule has 0 aliphatic rings. The topological polar surface area (TPSA) is 45.1 Å². The molecule has 0 spiro atoms. The van der Waals surface area contributed by atoms with Crippen molar-refractivity contribution in [3.63, 3.8) is 0 Å². The van der Waals surface area contributed by atoms with Crippen molar-refractivity contribution in [2.45, 2.75) is 46.8 Å². The van der Waals surface area contributed by atoms with Gasteiger partial charge in [0.15, 0.2) is 0 Å². The molecular weight excluding hydrogens is 188 g/mol. The first-order chi connectivity index (χ1) is 6.83. The lowest BCUT2D eigenvalue weighted by Gasteiger charge is -2.24. The van der Waals surface area contributed by atoms with Crippen LogP contribution in [0.4, 0.5) is 5.82 Å². The summed E-state index contributed by atoms with van der Waals surface area (Å²) in [6.45, 7) is 10.2. The average Bonchev–Trinajstić information content (AvgIpc) is 1.99. The second kappa shape index (κ2) is 4.19. The van der Waals surface area contributed by atoms with Crippen LogP contribution in [0, 0.1) is 13.8 Å². The molecule has 3 heteroatoms. The van der Waals surface area contributed by atoms with Crippen molar-refractivity contribution in [2.75, 3.05) is 5.32 Å². The number of nitrogens with one attached hydrogen (secondary N) is 1. The Morgan fingerprint density at radius 3 is 2.40 bits per heavy atom. The lowest BCUT2D eigenvalue weighted by atomic mass is 10.1. The Bertz CT molecular complexity index is 353. The summed E-state index contributed by atoms with van der Waals surface area (Å²) in [4.78, 5) is 4.42. The molecule has 1 aromatic rings. The summed E-state index contributed by atoms with van der Waals surface area (Å²) in [6, 6.07) is 1.99. The fourth-order valence-corrected chi connectivity index (χ4v) is 1.52. The van der Waals surface area contributed by atoms with Gasteiger partial charge in [0, 0.05) is 16.8 Å². The molecule has 0 bridgehead atoms. The average molecular weight is 208 g/mol. The largest absolute Gasteiger partial charge is 0.392 e. The fourth-order valence-electron chi connectivity index (χ4n) is 1.52. The predicted molar refractivity (Wildman–Crippen MR) is 63.0 cm³/mol. The standard InChI is InChI=1S/C12H20N2O/c1-8-6-9(2)13-11(10(8)7-15)14-12(3,4)5/h6,15H,7H2,1-5H3,(H,13,14). The minimum absolute atomic E-state index is 0.0253. The van der Waals surface area contributed by atoms with E-state index in [1.807, 2.05) is 19.9 Å². The maximum absolute atomic E-state index is 9.31. The number of hydrogen-bond donors (Lipinski definition) is 2. The van der Waals surface area contributed by atoms with Gasteiger partial charge in [0.25, 0.3) is 0 Å². The number of hydrogen-bond acceptors (Lipinski definition) is 3. The van der Waals surface area contributed by atoms with E-state index < -0.39 is 0 Å². The molecule has 84 valence electrons. The van der Waals surface area contributed by atoms with E-state index in [1.165, 1.54) is 0 Å². The van der Waals surface area contributed by atoms with Gasteiger partial charge in [0.2, 0.25) is 0 Å². The SMILES string of the molecule is Cc1cc(C)c(CO)c(NC(C)(C)C)n1. The molecule has 0 atom stereocenters. The first-order valence-corrected chi connectivity index (χ1v) is 5.19. The van der Waals surface area contributed by atoms with Crippen LogP contribution in [0.1, 0.15) is 37.6 Å². The summed E-state index contributed by atoms with van der Waals surface area (Å²) < 4.78 is 0. The monoisotopic (exact) mass is 208 g/mol. The number of anilines is 1. The van der Waals surface area contributed by atoms with Crippen LogP contribution < -0.4 is 5.32 Å². The van der Waals surface area contributed by atoms with Crippen molar-refractivity contribution in [3.05, 3.63) is 22.9 Å². The fraction of sp³-hybridized carbons (Fsp3) is 0.583. The number of pyridine rings is 1. The molecule has 0 fully saturated rings. The van der Waals surface area contributed by atoms with Crippen LogP contribution >= 0.6 is 0 Å². The van der Waals surface area contributed by atoms with Gasteiger partial charge in [-0.1, -0.05) is 0 Å². The van der Waals surface area contributed by atoms with Crippen molar-refractivity contribution in [1.29, 1.82) is 0 Å². The zero-order valence-corrected chi connectivity index (χ0v) is 10.2. The molecule has 1 aromatic heterocycles.